The van der Waals surface area contributed by atoms with Crippen molar-refractivity contribution in [1.82, 2.24) is 14.8 Å². The van der Waals surface area contributed by atoms with E-state index >= 15 is 0 Å². The summed E-state index contributed by atoms with van der Waals surface area (Å²) in [6.07, 6.45) is 0. The molecule has 0 N–H and O–H groups in total. The van der Waals surface area contributed by atoms with Crippen LogP contribution in [0.3, 0.4) is 0 Å². The van der Waals surface area contributed by atoms with Crippen molar-refractivity contribution < 1.29 is 0 Å². The van der Waals surface area contributed by atoms with E-state index in [2.05, 4.69) is 257 Å². The van der Waals surface area contributed by atoms with Gasteiger partial charge in [0.1, 0.15) is 0 Å². The average Bonchev–Trinajstić information content (AvgIpc) is 3.80. The molecule has 5 heteroatoms. The molecule has 0 spiro atoms. The lowest BCUT2D eigenvalue weighted by Gasteiger charge is -2.28. The number of aromatic nitrogens is 3. The van der Waals surface area contributed by atoms with Gasteiger partial charge in [0.2, 0.25) is 0 Å². The van der Waals surface area contributed by atoms with Gasteiger partial charge in [0.05, 0.1) is 11.4 Å². The van der Waals surface area contributed by atoms with E-state index < -0.39 is 0 Å². The summed E-state index contributed by atoms with van der Waals surface area (Å²) in [5, 5.41) is 9.90. The van der Waals surface area contributed by atoms with E-state index in [1.807, 2.05) is 6.07 Å². The minimum atomic E-state index is 0.758. The molecule has 5 nitrogen and oxygen atoms in total. The molecule has 1 aromatic heterocycles. The molecular weight excluding hydrogens is 743 g/mol. The number of para-hydroxylation sites is 7. The first-order valence-corrected chi connectivity index (χ1v) is 20.5. The molecule has 10 rings (SSSR count). The van der Waals surface area contributed by atoms with Gasteiger partial charge in [-0.05, 0) is 96.1 Å². The van der Waals surface area contributed by atoms with Gasteiger partial charge < -0.3 is 9.80 Å². The lowest BCUT2D eigenvalue weighted by molar-refractivity contribution is 1.07. The van der Waals surface area contributed by atoms with E-state index in [1.165, 1.54) is 0 Å². The number of hydrogen-bond acceptors (Lipinski definition) is 4. The number of anilines is 6. The summed E-state index contributed by atoms with van der Waals surface area (Å²) in [5.74, 6) is 1.52. The van der Waals surface area contributed by atoms with E-state index in [9.17, 15) is 0 Å². The molecule has 290 valence electrons. The summed E-state index contributed by atoms with van der Waals surface area (Å²) in [7, 11) is 0. The van der Waals surface area contributed by atoms with Crippen molar-refractivity contribution in [2.75, 3.05) is 9.80 Å². The number of nitrogens with zero attached hydrogens (tertiary/aromatic N) is 5. The van der Waals surface area contributed by atoms with Crippen LogP contribution in [0.2, 0.25) is 0 Å². The van der Waals surface area contributed by atoms with Crippen molar-refractivity contribution in [3.63, 3.8) is 0 Å². The molecule has 0 radical (unpaired) electrons. The summed E-state index contributed by atoms with van der Waals surface area (Å²) in [5.41, 5.74) is 13.8. The zero-order chi connectivity index (χ0) is 40.8. The highest BCUT2D eigenvalue weighted by Crippen LogP contribution is 2.43. The SMILES string of the molecule is c1ccc(N(c2ccccc2)c2ccccc2-c2cccc(-c3nnc(-c4cccc(-c5ccccc5N(c5ccccc5)c5ccccc5)c4)n3-c3ccccc3)c2)cc1. The summed E-state index contributed by atoms with van der Waals surface area (Å²) in [6, 6.07) is 87.0. The molecule has 61 heavy (non-hydrogen) atoms. The normalized spacial score (nSPS) is 11.0. The minimum absolute atomic E-state index is 0.758. The molecule has 1 heterocycles. The highest BCUT2D eigenvalue weighted by molar-refractivity contribution is 5.90. The van der Waals surface area contributed by atoms with Crippen LogP contribution in [0.15, 0.2) is 249 Å². The van der Waals surface area contributed by atoms with Crippen LogP contribution >= 0.6 is 0 Å². The van der Waals surface area contributed by atoms with Crippen LogP contribution in [0.5, 0.6) is 0 Å². The maximum atomic E-state index is 4.95. The first-order chi connectivity index (χ1) is 30.3. The maximum absolute atomic E-state index is 4.95. The lowest BCUT2D eigenvalue weighted by atomic mass is 9.99. The van der Waals surface area contributed by atoms with Crippen molar-refractivity contribution in [3.8, 4) is 50.7 Å². The summed E-state index contributed by atoms with van der Waals surface area (Å²) >= 11 is 0. The Kier molecular flexibility index (Phi) is 10.3. The molecule has 0 aliphatic carbocycles. The third kappa shape index (κ3) is 7.48. The molecule has 10 aromatic rings. The van der Waals surface area contributed by atoms with Crippen LogP contribution in [-0.4, -0.2) is 14.8 Å². The zero-order valence-electron chi connectivity index (χ0n) is 33.4. The Labute approximate surface area is 356 Å². The van der Waals surface area contributed by atoms with Crippen LogP contribution in [0.25, 0.3) is 50.7 Å². The Balaban J connectivity index is 1.08. The number of hydrogen-bond donors (Lipinski definition) is 0. The first kappa shape index (κ1) is 37.0. The minimum Gasteiger partial charge on any atom is -0.310 e. The fraction of sp³-hybridized carbons (Fsp3) is 0. The molecule has 0 amide bonds. The molecule has 0 atom stereocenters. The summed E-state index contributed by atoms with van der Waals surface area (Å²) in [6.45, 7) is 0. The van der Waals surface area contributed by atoms with E-state index in [0.717, 1.165) is 84.8 Å². The molecule has 0 bridgehead atoms. The zero-order valence-corrected chi connectivity index (χ0v) is 33.4. The smallest absolute Gasteiger partial charge is 0.168 e. The van der Waals surface area contributed by atoms with Gasteiger partial charge in [-0.3, -0.25) is 4.57 Å². The third-order valence-electron chi connectivity index (χ3n) is 10.9. The predicted octanol–water partition coefficient (Wildman–Crippen LogP) is 14.9. The first-order valence-electron chi connectivity index (χ1n) is 20.5. The molecule has 9 aromatic carbocycles. The Bertz CT molecular complexity index is 2750. The molecular formula is C56H41N5. The van der Waals surface area contributed by atoms with E-state index in [0.29, 0.717) is 0 Å². The van der Waals surface area contributed by atoms with Gasteiger partial charge in [0.15, 0.2) is 11.6 Å². The van der Waals surface area contributed by atoms with Crippen molar-refractivity contribution in [3.05, 3.63) is 249 Å². The highest BCUT2D eigenvalue weighted by atomic mass is 15.3. The van der Waals surface area contributed by atoms with Crippen LogP contribution in [0, 0.1) is 0 Å². The summed E-state index contributed by atoms with van der Waals surface area (Å²) < 4.78 is 2.18. The highest BCUT2D eigenvalue weighted by Gasteiger charge is 2.22. The molecule has 0 saturated heterocycles. The Hall–Kier alpha value is -8.28. The van der Waals surface area contributed by atoms with Crippen LogP contribution in [0.4, 0.5) is 34.1 Å². The van der Waals surface area contributed by atoms with E-state index in [-0.39, 0.29) is 0 Å². The molecule has 0 saturated carbocycles. The van der Waals surface area contributed by atoms with Crippen LogP contribution in [-0.2, 0) is 0 Å². The fourth-order valence-electron chi connectivity index (χ4n) is 8.12. The predicted molar refractivity (Wildman–Crippen MR) is 252 cm³/mol. The van der Waals surface area contributed by atoms with Crippen molar-refractivity contribution in [2.45, 2.75) is 0 Å². The number of benzene rings is 9. The second kappa shape index (κ2) is 16.9. The third-order valence-corrected chi connectivity index (χ3v) is 10.9. The molecule has 0 aliphatic rings. The number of rotatable bonds is 11. The Morgan fingerprint density at radius 2 is 0.590 bits per heavy atom. The molecule has 0 fully saturated rings. The van der Waals surface area contributed by atoms with Crippen molar-refractivity contribution in [2.24, 2.45) is 0 Å². The van der Waals surface area contributed by atoms with Crippen LogP contribution in [0.1, 0.15) is 0 Å². The standard InChI is InChI=1S/C56H41N5/c1-6-26-46(27-7-1)59(47-28-8-2-9-29-47)53-38-18-16-36-51(53)42-22-20-24-44(40-42)55-57-58-56(61(55)50-34-14-5-15-35-50)45-25-21-23-43(41-45)52-37-17-19-39-54(52)60(48-30-10-3-11-31-48)49-32-12-4-13-33-49/h1-41H. The van der Waals surface area contributed by atoms with Gasteiger partial charge in [0, 0.05) is 50.7 Å². The molecule has 0 unspecified atom stereocenters. The van der Waals surface area contributed by atoms with Gasteiger partial charge in [0.25, 0.3) is 0 Å². The van der Waals surface area contributed by atoms with Gasteiger partial charge >= 0.3 is 0 Å². The lowest BCUT2D eigenvalue weighted by Crippen LogP contribution is -2.11. The van der Waals surface area contributed by atoms with Crippen LogP contribution < -0.4 is 9.80 Å². The van der Waals surface area contributed by atoms with Gasteiger partial charge in [-0.15, -0.1) is 10.2 Å². The quantitative estimate of drug-likeness (QED) is 0.131. The second-order valence-corrected chi connectivity index (χ2v) is 14.7. The van der Waals surface area contributed by atoms with Gasteiger partial charge in [-0.2, -0.15) is 0 Å². The van der Waals surface area contributed by atoms with E-state index in [4.69, 9.17) is 10.2 Å². The maximum Gasteiger partial charge on any atom is 0.168 e. The van der Waals surface area contributed by atoms with E-state index in [1.54, 1.807) is 0 Å². The summed E-state index contributed by atoms with van der Waals surface area (Å²) in [4.78, 5) is 4.63. The second-order valence-electron chi connectivity index (χ2n) is 14.7. The van der Waals surface area contributed by atoms with Gasteiger partial charge in [-0.1, -0.05) is 164 Å². The topological polar surface area (TPSA) is 37.2 Å². The average molecular weight is 784 g/mol. The van der Waals surface area contributed by atoms with Gasteiger partial charge in [-0.25, -0.2) is 0 Å². The fourth-order valence-corrected chi connectivity index (χ4v) is 8.12. The Morgan fingerprint density at radius 3 is 0.967 bits per heavy atom. The largest absolute Gasteiger partial charge is 0.310 e. The monoisotopic (exact) mass is 783 g/mol. The Morgan fingerprint density at radius 1 is 0.279 bits per heavy atom. The van der Waals surface area contributed by atoms with Crippen molar-refractivity contribution in [1.29, 1.82) is 0 Å². The van der Waals surface area contributed by atoms with Crippen molar-refractivity contribution >= 4 is 34.1 Å². The molecule has 0 aliphatic heterocycles.